The molecule has 1 aromatic rings. The van der Waals surface area contributed by atoms with Crippen LogP contribution in [0.4, 0.5) is 4.53 Å². The highest BCUT2D eigenvalue weighted by molar-refractivity contribution is 6.30. The lowest BCUT2D eigenvalue weighted by molar-refractivity contribution is -0.00895. The van der Waals surface area contributed by atoms with Gasteiger partial charge in [-0.2, -0.15) is 0 Å². The van der Waals surface area contributed by atoms with Crippen molar-refractivity contribution in [3.8, 4) is 11.5 Å². The number of halogens is 2. The summed E-state index contributed by atoms with van der Waals surface area (Å²) in [5.74, 6) is 0.303. The molecule has 0 aliphatic carbocycles. The van der Waals surface area contributed by atoms with Gasteiger partial charge in [0.1, 0.15) is 0 Å². The quantitative estimate of drug-likeness (QED) is 0.690. The van der Waals surface area contributed by atoms with Gasteiger partial charge in [0, 0.05) is 15.6 Å². The van der Waals surface area contributed by atoms with Gasteiger partial charge in [-0.3, -0.25) is 4.94 Å². The van der Waals surface area contributed by atoms with Crippen molar-refractivity contribution < 1.29 is 14.2 Å². The van der Waals surface area contributed by atoms with E-state index in [-0.39, 0.29) is 5.75 Å². The fourth-order valence-electron chi connectivity index (χ4n) is 0.711. The Kier molecular flexibility index (Phi) is 2.54. The first-order chi connectivity index (χ1) is 5.27. The summed E-state index contributed by atoms with van der Waals surface area (Å²) in [4.78, 5) is 3.51. The van der Waals surface area contributed by atoms with E-state index in [1.807, 2.05) is 0 Å². The molecule has 4 heteroatoms. The maximum absolute atomic E-state index is 11.7. The molecule has 0 fully saturated rings. The van der Waals surface area contributed by atoms with Crippen LogP contribution in [0.2, 0.25) is 5.02 Å². The second kappa shape index (κ2) is 3.44. The van der Waals surface area contributed by atoms with E-state index >= 15 is 0 Å². The summed E-state index contributed by atoms with van der Waals surface area (Å²) in [6, 6.07) is 4.44. The molecule has 0 N–H and O–H groups in total. The van der Waals surface area contributed by atoms with Gasteiger partial charge in [-0.1, -0.05) is 11.6 Å². The van der Waals surface area contributed by atoms with Crippen LogP contribution in [0.3, 0.4) is 0 Å². The van der Waals surface area contributed by atoms with Gasteiger partial charge < -0.3 is 4.74 Å². The molecule has 0 aliphatic rings. The highest BCUT2D eigenvalue weighted by Crippen LogP contribution is 2.29. The maximum Gasteiger partial charge on any atom is 0.215 e. The lowest BCUT2D eigenvalue weighted by Gasteiger charge is -2.02. The highest BCUT2D eigenvalue weighted by Gasteiger charge is 2.04. The SMILES string of the molecule is COc1ccc(Cl)cc1OF. The number of hydrogen-bond acceptors (Lipinski definition) is 2. The molecule has 0 atom stereocenters. The Labute approximate surface area is 68.4 Å². The van der Waals surface area contributed by atoms with Crippen LogP contribution >= 0.6 is 11.6 Å². The maximum atomic E-state index is 11.7. The number of benzene rings is 1. The third kappa shape index (κ3) is 1.74. The first kappa shape index (κ1) is 8.14. The summed E-state index contributed by atoms with van der Waals surface area (Å²) >= 11 is 5.55. The van der Waals surface area contributed by atoms with Crippen molar-refractivity contribution in [3.63, 3.8) is 0 Å². The molecule has 0 unspecified atom stereocenters. The lowest BCUT2D eigenvalue weighted by Crippen LogP contribution is -1.86. The van der Waals surface area contributed by atoms with Crippen LogP contribution in [0.15, 0.2) is 18.2 Å². The van der Waals surface area contributed by atoms with Crippen molar-refractivity contribution >= 4 is 11.6 Å². The minimum absolute atomic E-state index is 0.0139. The molecular weight excluding hydrogens is 171 g/mol. The Morgan fingerprint density at radius 3 is 2.64 bits per heavy atom. The molecule has 2 nitrogen and oxygen atoms in total. The largest absolute Gasteiger partial charge is 0.493 e. The van der Waals surface area contributed by atoms with Gasteiger partial charge in [-0.15, -0.1) is 0 Å². The Morgan fingerprint density at radius 1 is 1.36 bits per heavy atom. The molecule has 1 rings (SSSR count). The monoisotopic (exact) mass is 176 g/mol. The average molecular weight is 177 g/mol. The molecular formula is C7H6ClFO2. The van der Waals surface area contributed by atoms with Gasteiger partial charge in [0.25, 0.3) is 0 Å². The third-order valence-electron chi connectivity index (χ3n) is 1.21. The van der Waals surface area contributed by atoms with Crippen molar-refractivity contribution in [1.82, 2.24) is 0 Å². The first-order valence-corrected chi connectivity index (χ1v) is 3.28. The average Bonchev–Trinajstić information content (AvgIpc) is 2.04. The number of methoxy groups -OCH3 is 1. The molecule has 1 aromatic carbocycles. The third-order valence-corrected chi connectivity index (χ3v) is 1.44. The first-order valence-electron chi connectivity index (χ1n) is 2.90. The summed E-state index contributed by atoms with van der Waals surface area (Å²) in [7, 11) is 1.42. The zero-order chi connectivity index (χ0) is 8.27. The summed E-state index contributed by atoms with van der Waals surface area (Å²) in [6.07, 6.45) is 0. The minimum Gasteiger partial charge on any atom is -0.493 e. The predicted octanol–water partition coefficient (Wildman–Crippen LogP) is 2.61. The van der Waals surface area contributed by atoms with Gasteiger partial charge >= 0.3 is 0 Å². The van der Waals surface area contributed by atoms with E-state index in [1.54, 1.807) is 6.07 Å². The van der Waals surface area contributed by atoms with Crippen LogP contribution < -0.4 is 9.68 Å². The molecule has 0 aromatic heterocycles. The topological polar surface area (TPSA) is 18.5 Å². The fourth-order valence-corrected chi connectivity index (χ4v) is 0.873. The number of ether oxygens (including phenoxy) is 1. The van der Waals surface area contributed by atoms with E-state index in [0.717, 1.165) is 0 Å². The molecule has 0 heterocycles. The van der Waals surface area contributed by atoms with Gasteiger partial charge in [-0.05, 0) is 12.1 Å². The molecule has 60 valence electrons. The molecule has 0 spiro atoms. The van der Waals surface area contributed by atoms with Gasteiger partial charge in [-0.25, -0.2) is 0 Å². The van der Waals surface area contributed by atoms with E-state index in [9.17, 15) is 4.53 Å². The Morgan fingerprint density at radius 2 is 2.09 bits per heavy atom. The second-order valence-corrected chi connectivity index (χ2v) is 2.31. The molecule has 0 radical (unpaired) electrons. The van der Waals surface area contributed by atoms with Crippen LogP contribution in [0.1, 0.15) is 0 Å². The zero-order valence-corrected chi connectivity index (χ0v) is 6.56. The smallest absolute Gasteiger partial charge is 0.215 e. The summed E-state index contributed by atoms with van der Waals surface area (Å²) in [6.45, 7) is 0. The summed E-state index contributed by atoms with van der Waals surface area (Å²) < 4.78 is 16.5. The van der Waals surface area contributed by atoms with Gasteiger partial charge in [0.05, 0.1) is 7.11 Å². The summed E-state index contributed by atoms with van der Waals surface area (Å²) in [5.41, 5.74) is 0. The standard InChI is InChI=1S/C7H6ClFO2/c1-10-6-3-2-5(8)4-7(6)11-9/h2-4H,1H3. The minimum atomic E-state index is -0.0139. The normalized spacial score (nSPS) is 9.36. The van der Waals surface area contributed by atoms with Crippen LogP contribution in [0.5, 0.6) is 11.5 Å². The summed E-state index contributed by atoms with van der Waals surface area (Å²) in [5, 5.41) is 0.401. The Bertz CT molecular complexity index is 252. The van der Waals surface area contributed by atoms with Crippen LogP contribution in [-0.4, -0.2) is 7.11 Å². The number of hydrogen-bond donors (Lipinski definition) is 0. The van der Waals surface area contributed by atoms with Crippen molar-refractivity contribution in [1.29, 1.82) is 0 Å². The molecule has 0 saturated heterocycles. The molecule has 0 bridgehead atoms. The van der Waals surface area contributed by atoms with E-state index in [0.29, 0.717) is 10.8 Å². The Hall–Kier alpha value is -0.960. The van der Waals surface area contributed by atoms with Crippen LogP contribution in [0.25, 0.3) is 0 Å². The zero-order valence-electron chi connectivity index (χ0n) is 5.80. The number of rotatable bonds is 2. The van der Waals surface area contributed by atoms with Crippen molar-refractivity contribution in [2.75, 3.05) is 7.11 Å². The fraction of sp³-hybridized carbons (Fsp3) is 0.143. The van der Waals surface area contributed by atoms with E-state index in [4.69, 9.17) is 16.3 Å². The molecule has 11 heavy (non-hydrogen) atoms. The van der Waals surface area contributed by atoms with E-state index in [2.05, 4.69) is 4.94 Å². The van der Waals surface area contributed by atoms with Crippen molar-refractivity contribution in [2.24, 2.45) is 0 Å². The second-order valence-electron chi connectivity index (χ2n) is 1.87. The lowest BCUT2D eigenvalue weighted by atomic mass is 10.3. The molecule has 0 aliphatic heterocycles. The van der Waals surface area contributed by atoms with Crippen molar-refractivity contribution in [2.45, 2.75) is 0 Å². The van der Waals surface area contributed by atoms with E-state index < -0.39 is 0 Å². The highest BCUT2D eigenvalue weighted by atomic mass is 35.5. The van der Waals surface area contributed by atoms with Gasteiger partial charge in [0.15, 0.2) is 5.75 Å². The van der Waals surface area contributed by atoms with Crippen molar-refractivity contribution in [3.05, 3.63) is 23.2 Å². The predicted molar refractivity (Wildman–Crippen MR) is 39.7 cm³/mol. The van der Waals surface area contributed by atoms with Crippen LogP contribution in [-0.2, 0) is 0 Å². The molecule has 0 saturated carbocycles. The Balaban J connectivity index is 3.06. The van der Waals surface area contributed by atoms with Crippen LogP contribution in [0, 0.1) is 0 Å². The van der Waals surface area contributed by atoms with E-state index in [1.165, 1.54) is 19.2 Å². The van der Waals surface area contributed by atoms with Gasteiger partial charge in [0.2, 0.25) is 5.75 Å². The molecule has 0 amide bonds.